The molecule has 120 valence electrons. The molecule has 0 saturated carbocycles. The minimum Gasteiger partial charge on any atom is -0.361 e. The lowest BCUT2D eigenvalue weighted by Crippen LogP contribution is -2.38. The number of carbonyl (C=O) groups is 1. The first kappa shape index (κ1) is 15.5. The van der Waals surface area contributed by atoms with Crippen LogP contribution < -0.4 is 5.32 Å². The molecule has 1 aliphatic carbocycles. The SMILES string of the molecule is CC1(C)CCC2=C(C1=O)C(c1cccc(Br)c1)C1=C(CCS1)N2. The highest BCUT2D eigenvalue weighted by molar-refractivity contribution is 9.10. The van der Waals surface area contributed by atoms with E-state index in [0.29, 0.717) is 5.78 Å². The first-order valence-electron chi connectivity index (χ1n) is 8.13. The van der Waals surface area contributed by atoms with Crippen LogP contribution in [0.15, 0.2) is 50.6 Å². The number of Topliss-reactive ketones (excluding diaryl/α,β-unsaturated/α-hetero) is 1. The van der Waals surface area contributed by atoms with Crippen LogP contribution in [0.4, 0.5) is 0 Å². The Morgan fingerprint density at radius 3 is 2.87 bits per heavy atom. The molecule has 1 atom stereocenters. The number of halogens is 1. The standard InChI is InChI=1S/C19H20BrNOS/c1-19(2)8-6-13-16(18(19)22)15(11-4-3-5-12(20)10-11)17-14(21-13)7-9-23-17/h3-5,10,15,21H,6-9H2,1-2H3. The molecule has 0 fully saturated rings. The summed E-state index contributed by atoms with van der Waals surface area (Å²) in [6.07, 6.45) is 2.98. The lowest BCUT2D eigenvalue weighted by atomic mass is 9.69. The Balaban J connectivity index is 1.89. The monoisotopic (exact) mass is 389 g/mol. The van der Waals surface area contributed by atoms with Gasteiger partial charge in [-0.25, -0.2) is 0 Å². The predicted molar refractivity (Wildman–Crippen MR) is 99.2 cm³/mol. The maximum absolute atomic E-state index is 13.2. The minimum absolute atomic E-state index is 0.110. The van der Waals surface area contributed by atoms with Crippen LogP contribution in [-0.2, 0) is 4.79 Å². The van der Waals surface area contributed by atoms with E-state index in [9.17, 15) is 4.79 Å². The molecule has 1 unspecified atom stereocenters. The molecule has 2 heterocycles. The number of nitrogens with one attached hydrogen (secondary N) is 1. The summed E-state index contributed by atoms with van der Waals surface area (Å²) in [6.45, 7) is 4.17. The Bertz CT molecular complexity index is 762. The summed E-state index contributed by atoms with van der Waals surface area (Å²) in [7, 11) is 0. The van der Waals surface area contributed by atoms with Crippen molar-refractivity contribution in [3.05, 3.63) is 56.2 Å². The number of allylic oxidation sites excluding steroid dienone is 4. The molecular formula is C19H20BrNOS. The zero-order valence-electron chi connectivity index (χ0n) is 13.4. The van der Waals surface area contributed by atoms with Crippen LogP contribution in [0.1, 0.15) is 44.6 Å². The van der Waals surface area contributed by atoms with Crippen LogP contribution in [0, 0.1) is 5.41 Å². The van der Waals surface area contributed by atoms with Gasteiger partial charge < -0.3 is 5.32 Å². The van der Waals surface area contributed by atoms with Gasteiger partial charge in [-0.1, -0.05) is 41.9 Å². The molecule has 3 aliphatic rings. The molecule has 2 aliphatic heterocycles. The van der Waals surface area contributed by atoms with E-state index in [4.69, 9.17) is 0 Å². The van der Waals surface area contributed by atoms with Crippen molar-refractivity contribution >= 4 is 33.5 Å². The number of thioether (sulfide) groups is 1. The number of ketones is 1. The molecular weight excluding hydrogens is 370 g/mol. The number of dihydropyridines is 1. The molecule has 4 rings (SSSR count). The summed E-state index contributed by atoms with van der Waals surface area (Å²) in [4.78, 5) is 14.6. The lowest BCUT2D eigenvalue weighted by molar-refractivity contribution is -0.124. The first-order chi connectivity index (χ1) is 11.0. The second kappa shape index (κ2) is 5.52. The number of rotatable bonds is 1. The smallest absolute Gasteiger partial charge is 0.167 e. The Labute approximate surface area is 149 Å². The minimum atomic E-state index is -0.258. The summed E-state index contributed by atoms with van der Waals surface area (Å²) in [5.41, 5.74) is 4.48. The second-order valence-electron chi connectivity index (χ2n) is 7.16. The summed E-state index contributed by atoms with van der Waals surface area (Å²) in [6, 6.07) is 8.44. The lowest BCUT2D eigenvalue weighted by Gasteiger charge is -2.39. The van der Waals surface area contributed by atoms with Gasteiger partial charge in [0.15, 0.2) is 5.78 Å². The molecule has 0 amide bonds. The van der Waals surface area contributed by atoms with Crippen LogP contribution in [0.5, 0.6) is 0 Å². The summed E-state index contributed by atoms with van der Waals surface area (Å²) < 4.78 is 1.07. The van der Waals surface area contributed by atoms with Gasteiger partial charge in [0, 0.05) is 43.4 Å². The Kier molecular flexibility index (Phi) is 3.73. The number of hydrogen-bond donors (Lipinski definition) is 1. The van der Waals surface area contributed by atoms with Gasteiger partial charge in [0.25, 0.3) is 0 Å². The van der Waals surface area contributed by atoms with Crippen LogP contribution in [-0.4, -0.2) is 11.5 Å². The van der Waals surface area contributed by atoms with Crippen LogP contribution in [0.3, 0.4) is 0 Å². The maximum Gasteiger partial charge on any atom is 0.167 e. The highest BCUT2D eigenvalue weighted by Gasteiger charge is 2.44. The molecule has 0 aromatic heterocycles. The number of benzene rings is 1. The second-order valence-corrected chi connectivity index (χ2v) is 9.21. The van der Waals surface area contributed by atoms with Crippen LogP contribution in [0.25, 0.3) is 0 Å². The molecule has 2 nitrogen and oxygen atoms in total. The van der Waals surface area contributed by atoms with Crippen molar-refractivity contribution in [2.75, 3.05) is 5.75 Å². The molecule has 0 spiro atoms. The molecule has 0 radical (unpaired) electrons. The van der Waals surface area contributed by atoms with Crippen molar-refractivity contribution in [1.29, 1.82) is 0 Å². The molecule has 1 N–H and O–H groups in total. The third-order valence-electron chi connectivity index (χ3n) is 5.13. The number of carbonyl (C=O) groups excluding carboxylic acids is 1. The molecule has 0 bridgehead atoms. The van der Waals surface area contributed by atoms with Crippen molar-refractivity contribution in [1.82, 2.24) is 5.32 Å². The summed E-state index contributed by atoms with van der Waals surface area (Å²) >= 11 is 5.50. The quantitative estimate of drug-likeness (QED) is 0.721. The largest absolute Gasteiger partial charge is 0.361 e. The Hall–Kier alpha value is -1.00. The van der Waals surface area contributed by atoms with Crippen LogP contribution >= 0.6 is 27.7 Å². The maximum atomic E-state index is 13.2. The predicted octanol–water partition coefficient (Wildman–Crippen LogP) is 5.13. The van der Waals surface area contributed by atoms with Crippen LogP contribution in [0.2, 0.25) is 0 Å². The van der Waals surface area contributed by atoms with E-state index >= 15 is 0 Å². The van der Waals surface area contributed by atoms with Crippen molar-refractivity contribution in [3.8, 4) is 0 Å². The van der Waals surface area contributed by atoms with E-state index < -0.39 is 0 Å². The fourth-order valence-electron chi connectivity index (χ4n) is 3.79. The van der Waals surface area contributed by atoms with E-state index in [1.54, 1.807) is 0 Å². The van der Waals surface area contributed by atoms with E-state index in [0.717, 1.165) is 35.1 Å². The summed E-state index contributed by atoms with van der Waals surface area (Å²) in [5, 5.41) is 3.61. The molecule has 23 heavy (non-hydrogen) atoms. The van der Waals surface area contributed by atoms with Gasteiger partial charge in [-0.2, -0.15) is 0 Å². The van der Waals surface area contributed by atoms with Gasteiger partial charge in [-0.05, 0) is 37.0 Å². The average molecular weight is 390 g/mol. The number of hydrogen-bond acceptors (Lipinski definition) is 3. The third-order valence-corrected chi connectivity index (χ3v) is 6.82. The molecule has 0 saturated heterocycles. The van der Waals surface area contributed by atoms with Gasteiger partial charge in [-0.15, -0.1) is 11.8 Å². The van der Waals surface area contributed by atoms with Gasteiger partial charge in [0.1, 0.15) is 0 Å². The fourth-order valence-corrected chi connectivity index (χ4v) is 5.49. The van der Waals surface area contributed by atoms with E-state index in [-0.39, 0.29) is 11.3 Å². The average Bonchev–Trinajstić information content (AvgIpc) is 2.97. The highest BCUT2D eigenvalue weighted by atomic mass is 79.9. The topological polar surface area (TPSA) is 29.1 Å². The van der Waals surface area contributed by atoms with Crippen molar-refractivity contribution in [3.63, 3.8) is 0 Å². The van der Waals surface area contributed by atoms with E-state index in [1.807, 2.05) is 17.8 Å². The Morgan fingerprint density at radius 1 is 1.26 bits per heavy atom. The Morgan fingerprint density at radius 2 is 2.09 bits per heavy atom. The van der Waals surface area contributed by atoms with Crippen molar-refractivity contribution in [2.45, 2.75) is 39.0 Å². The highest BCUT2D eigenvalue weighted by Crippen LogP contribution is 2.52. The zero-order chi connectivity index (χ0) is 16.2. The normalized spacial score (nSPS) is 26.0. The van der Waals surface area contributed by atoms with E-state index in [2.05, 4.69) is 53.3 Å². The fraction of sp³-hybridized carbons (Fsp3) is 0.421. The molecule has 1 aromatic carbocycles. The van der Waals surface area contributed by atoms with Gasteiger partial charge in [0.2, 0.25) is 0 Å². The van der Waals surface area contributed by atoms with Crippen molar-refractivity contribution < 1.29 is 4.79 Å². The van der Waals surface area contributed by atoms with Gasteiger partial charge >= 0.3 is 0 Å². The van der Waals surface area contributed by atoms with Gasteiger partial charge in [-0.3, -0.25) is 4.79 Å². The molecule has 4 heteroatoms. The van der Waals surface area contributed by atoms with Gasteiger partial charge in [0.05, 0.1) is 0 Å². The molecule has 1 aromatic rings. The third kappa shape index (κ3) is 2.51. The summed E-state index contributed by atoms with van der Waals surface area (Å²) in [5.74, 6) is 1.54. The van der Waals surface area contributed by atoms with E-state index in [1.165, 1.54) is 21.9 Å². The first-order valence-corrected chi connectivity index (χ1v) is 9.91. The van der Waals surface area contributed by atoms with Crippen molar-refractivity contribution in [2.24, 2.45) is 5.41 Å². The zero-order valence-corrected chi connectivity index (χ0v) is 15.8.